The van der Waals surface area contributed by atoms with E-state index < -0.39 is 10.0 Å². The van der Waals surface area contributed by atoms with E-state index in [1.807, 2.05) is 6.92 Å². The third-order valence-corrected chi connectivity index (χ3v) is 6.60. The van der Waals surface area contributed by atoms with Gasteiger partial charge in [0.15, 0.2) is 0 Å². The van der Waals surface area contributed by atoms with Crippen molar-refractivity contribution in [3.8, 4) is 0 Å². The van der Waals surface area contributed by atoms with Gasteiger partial charge in [0.25, 0.3) is 0 Å². The lowest BCUT2D eigenvalue weighted by molar-refractivity contribution is 0.537. The van der Waals surface area contributed by atoms with Crippen molar-refractivity contribution in [2.75, 3.05) is 6.54 Å². The summed E-state index contributed by atoms with van der Waals surface area (Å²) >= 11 is 4.76. The lowest BCUT2D eigenvalue weighted by atomic mass is 10.1. The molecule has 0 saturated heterocycles. The standard InChI is InChI=1S/C11H16BrNO2S2/c1-7-9(4-10(12)16-7)17(14,15)13-6-8-5-11(8,2)3/h4,8,13H,5-6H2,1-3H3. The monoisotopic (exact) mass is 337 g/mol. The number of aryl methyl sites for hydroxylation is 1. The van der Waals surface area contributed by atoms with Gasteiger partial charge in [0.05, 0.1) is 8.68 Å². The largest absolute Gasteiger partial charge is 0.241 e. The number of rotatable bonds is 4. The van der Waals surface area contributed by atoms with Crippen LogP contribution in [0, 0.1) is 18.3 Å². The van der Waals surface area contributed by atoms with Crippen LogP contribution in [0.4, 0.5) is 0 Å². The maximum Gasteiger partial charge on any atom is 0.241 e. The van der Waals surface area contributed by atoms with E-state index in [9.17, 15) is 8.42 Å². The van der Waals surface area contributed by atoms with Crippen molar-refractivity contribution in [3.63, 3.8) is 0 Å². The molecule has 0 spiro atoms. The average molecular weight is 338 g/mol. The predicted octanol–water partition coefficient (Wildman–Crippen LogP) is 3.14. The molecule has 2 rings (SSSR count). The van der Waals surface area contributed by atoms with Gasteiger partial charge in [-0.15, -0.1) is 11.3 Å². The summed E-state index contributed by atoms with van der Waals surface area (Å²) in [6, 6.07) is 1.67. The normalized spacial score (nSPS) is 22.7. The van der Waals surface area contributed by atoms with E-state index in [2.05, 4.69) is 34.5 Å². The van der Waals surface area contributed by atoms with E-state index in [1.165, 1.54) is 11.3 Å². The second-order valence-corrected chi connectivity index (χ2v) is 9.58. The maximum absolute atomic E-state index is 12.1. The molecule has 6 heteroatoms. The van der Waals surface area contributed by atoms with Crippen LogP contribution in [-0.2, 0) is 10.0 Å². The molecule has 0 aliphatic heterocycles. The molecule has 1 atom stereocenters. The van der Waals surface area contributed by atoms with Gasteiger partial charge in [-0.3, -0.25) is 0 Å². The maximum atomic E-state index is 12.1. The second kappa shape index (κ2) is 4.33. The molecule has 0 bridgehead atoms. The van der Waals surface area contributed by atoms with Gasteiger partial charge < -0.3 is 0 Å². The van der Waals surface area contributed by atoms with E-state index in [1.54, 1.807) is 6.07 Å². The van der Waals surface area contributed by atoms with E-state index in [0.29, 0.717) is 22.8 Å². The molecule has 0 aromatic carbocycles. The van der Waals surface area contributed by atoms with Crippen LogP contribution < -0.4 is 4.72 Å². The summed E-state index contributed by atoms with van der Waals surface area (Å²) in [6.07, 6.45) is 1.10. The summed E-state index contributed by atoms with van der Waals surface area (Å²) in [5.74, 6) is 0.472. The molecule has 1 aliphatic carbocycles. The molecule has 1 heterocycles. The zero-order valence-electron chi connectivity index (χ0n) is 10.1. The highest BCUT2D eigenvalue weighted by atomic mass is 79.9. The highest BCUT2D eigenvalue weighted by Crippen LogP contribution is 2.51. The van der Waals surface area contributed by atoms with Gasteiger partial charge in [-0.05, 0) is 46.7 Å². The molecule has 1 aromatic rings. The first-order valence-electron chi connectivity index (χ1n) is 5.48. The highest BCUT2D eigenvalue weighted by molar-refractivity contribution is 9.11. The van der Waals surface area contributed by atoms with Crippen molar-refractivity contribution >= 4 is 37.3 Å². The van der Waals surface area contributed by atoms with Crippen LogP contribution in [0.5, 0.6) is 0 Å². The first-order chi connectivity index (χ1) is 7.72. The quantitative estimate of drug-likeness (QED) is 0.917. The van der Waals surface area contributed by atoms with Gasteiger partial charge >= 0.3 is 0 Å². The van der Waals surface area contributed by atoms with Crippen LogP contribution in [-0.4, -0.2) is 15.0 Å². The molecule has 1 saturated carbocycles. The Morgan fingerprint density at radius 3 is 2.59 bits per heavy atom. The molecule has 17 heavy (non-hydrogen) atoms. The number of thiophene rings is 1. The summed E-state index contributed by atoms with van der Waals surface area (Å²) in [4.78, 5) is 1.22. The first-order valence-corrected chi connectivity index (χ1v) is 8.57. The molecular formula is C11H16BrNO2S2. The Hall–Kier alpha value is 0.0900. The van der Waals surface area contributed by atoms with Crippen LogP contribution in [0.15, 0.2) is 14.7 Å². The van der Waals surface area contributed by atoms with Gasteiger partial charge in [0.1, 0.15) is 0 Å². The zero-order chi connectivity index (χ0) is 12.8. The minimum Gasteiger partial charge on any atom is -0.211 e. The molecule has 0 amide bonds. The van der Waals surface area contributed by atoms with Crippen LogP contribution in [0.1, 0.15) is 25.1 Å². The lowest BCUT2D eigenvalue weighted by Gasteiger charge is -2.07. The Labute approximate surface area is 115 Å². The summed E-state index contributed by atoms with van der Waals surface area (Å²) in [7, 11) is -3.34. The number of halogens is 1. The molecule has 3 nitrogen and oxygen atoms in total. The minimum atomic E-state index is -3.34. The summed E-state index contributed by atoms with van der Waals surface area (Å²) in [5, 5.41) is 0. The predicted molar refractivity (Wildman–Crippen MR) is 73.8 cm³/mol. The fourth-order valence-corrected chi connectivity index (χ4v) is 5.40. The van der Waals surface area contributed by atoms with Crippen LogP contribution in [0.2, 0.25) is 0 Å². The van der Waals surface area contributed by atoms with E-state index >= 15 is 0 Å². The van der Waals surface area contributed by atoms with Crippen LogP contribution in [0.3, 0.4) is 0 Å². The van der Waals surface area contributed by atoms with E-state index in [4.69, 9.17) is 0 Å². The topological polar surface area (TPSA) is 46.2 Å². The van der Waals surface area contributed by atoms with Crippen molar-refractivity contribution in [2.45, 2.75) is 32.1 Å². The number of sulfonamides is 1. The number of hydrogen-bond donors (Lipinski definition) is 1. The Morgan fingerprint density at radius 2 is 2.18 bits per heavy atom. The molecule has 1 aromatic heterocycles. The molecule has 0 radical (unpaired) electrons. The van der Waals surface area contributed by atoms with E-state index in [0.717, 1.165) is 15.1 Å². The summed E-state index contributed by atoms with van der Waals surface area (Å²) in [5.41, 5.74) is 0.298. The van der Waals surface area contributed by atoms with Crippen molar-refractivity contribution in [1.82, 2.24) is 4.72 Å². The van der Waals surface area contributed by atoms with Crippen molar-refractivity contribution in [1.29, 1.82) is 0 Å². The number of nitrogens with one attached hydrogen (secondary N) is 1. The molecule has 1 N–H and O–H groups in total. The molecule has 1 fully saturated rings. The van der Waals surface area contributed by atoms with E-state index in [-0.39, 0.29) is 0 Å². The highest BCUT2D eigenvalue weighted by Gasteiger charge is 2.45. The first kappa shape index (κ1) is 13.5. The van der Waals surface area contributed by atoms with Gasteiger partial charge in [0.2, 0.25) is 10.0 Å². The third-order valence-electron chi connectivity index (χ3n) is 3.37. The van der Waals surface area contributed by atoms with Gasteiger partial charge in [-0.2, -0.15) is 0 Å². The molecule has 1 unspecified atom stereocenters. The summed E-state index contributed by atoms with van der Waals surface area (Å²) < 4.78 is 27.7. The smallest absolute Gasteiger partial charge is 0.211 e. The van der Waals surface area contributed by atoms with Crippen molar-refractivity contribution in [3.05, 3.63) is 14.7 Å². The van der Waals surface area contributed by atoms with Crippen molar-refractivity contribution < 1.29 is 8.42 Å². The zero-order valence-corrected chi connectivity index (χ0v) is 13.3. The third kappa shape index (κ3) is 2.92. The van der Waals surface area contributed by atoms with Crippen molar-refractivity contribution in [2.24, 2.45) is 11.3 Å². The Balaban J connectivity index is 2.07. The molecular weight excluding hydrogens is 322 g/mol. The molecule has 1 aliphatic rings. The Kier molecular flexibility index (Phi) is 3.44. The van der Waals surface area contributed by atoms with Gasteiger partial charge in [0, 0.05) is 11.4 Å². The van der Waals surface area contributed by atoms with Gasteiger partial charge in [-0.25, -0.2) is 13.1 Å². The Bertz CT molecular complexity index is 534. The lowest BCUT2D eigenvalue weighted by Crippen LogP contribution is -2.26. The van der Waals surface area contributed by atoms with Crippen LogP contribution >= 0.6 is 27.3 Å². The second-order valence-electron chi connectivity index (χ2n) is 5.21. The number of hydrogen-bond acceptors (Lipinski definition) is 3. The SMILES string of the molecule is Cc1sc(Br)cc1S(=O)(=O)NCC1CC1(C)C. The van der Waals surface area contributed by atoms with Gasteiger partial charge in [-0.1, -0.05) is 13.8 Å². The Morgan fingerprint density at radius 1 is 1.59 bits per heavy atom. The fraction of sp³-hybridized carbons (Fsp3) is 0.636. The fourth-order valence-electron chi connectivity index (χ4n) is 1.91. The minimum absolute atomic E-state index is 0.298. The van der Waals surface area contributed by atoms with Crippen LogP contribution in [0.25, 0.3) is 0 Å². The average Bonchev–Trinajstić information content (AvgIpc) is 2.63. The molecule has 96 valence electrons. The summed E-state index contributed by atoms with van der Waals surface area (Å²) in [6.45, 7) is 6.70.